The minimum Gasteiger partial charge on any atom is -0.344 e. The number of nitrogens with two attached hydrogens (primary N) is 1. The predicted octanol–water partition coefficient (Wildman–Crippen LogP) is 1.06. The summed E-state index contributed by atoms with van der Waals surface area (Å²) in [5.41, 5.74) is 8.49. The van der Waals surface area contributed by atoms with Crippen molar-refractivity contribution in [2.45, 2.75) is 53.2 Å². The molecular formula is C25H32N8O2. The van der Waals surface area contributed by atoms with Crippen molar-refractivity contribution in [3.8, 4) is 11.8 Å². The molecule has 1 aliphatic carbocycles. The van der Waals surface area contributed by atoms with E-state index in [-0.39, 0.29) is 19.1 Å². The van der Waals surface area contributed by atoms with E-state index in [4.69, 9.17) is 10.7 Å². The topological polar surface area (TPSA) is 117 Å². The van der Waals surface area contributed by atoms with Gasteiger partial charge in [-0.05, 0) is 33.1 Å². The largest absolute Gasteiger partial charge is 0.344 e. The summed E-state index contributed by atoms with van der Waals surface area (Å²) in [4.78, 5) is 42.8. The Balaban J connectivity index is 1.89. The number of hydrogen-bond donors (Lipinski definition) is 1. The third-order valence-electron chi connectivity index (χ3n) is 6.20. The first-order valence-electron chi connectivity index (χ1n) is 11.7. The number of allylic oxidation sites excluding steroid dienone is 1. The number of rotatable bonds is 6. The lowest BCUT2D eigenvalue weighted by molar-refractivity contribution is 0.619. The maximum Gasteiger partial charge on any atom is 0.332 e. The van der Waals surface area contributed by atoms with Gasteiger partial charge in [-0.3, -0.25) is 18.5 Å². The van der Waals surface area contributed by atoms with Gasteiger partial charge in [0.1, 0.15) is 5.82 Å². The molecule has 1 aliphatic rings. The molecule has 184 valence electrons. The fourth-order valence-electron chi connectivity index (χ4n) is 4.53. The predicted molar refractivity (Wildman–Crippen MR) is 137 cm³/mol. The summed E-state index contributed by atoms with van der Waals surface area (Å²) in [6.07, 6.45) is 4.99. The molecule has 3 heterocycles. The van der Waals surface area contributed by atoms with E-state index in [2.05, 4.69) is 34.8 Å². The van der Waals surface area contributed by atoms with Gasteiger partial charge in [-0.25, -0.2) is 14.8 Å². The van der Waals surface area contributed by atoms with E-state index in [9.17, 15) is 9.59 Å². The second kappa shape index (κ2) is 9.50. The maximum absolute atomic E-state index is 13.7. The minimum absolute atomic E-state index is 0.0245. The Hall–Kier alpha value is -3.71. The van der Waals surface area contributed by atoms with Crippen LogP contribution >= 0.6 is 0 Å². The zero-order chi connectivity index (χ0) is 25.4. The highest BCUT2D eigenvalue weighted by atomic mass is 16.2. The second-order valence-electron chi connectivity index (χ2n) is 9.31. The summed E-state index contributed by atoms with van der Waals surface area (Å²) in [5.74, 6) is 7.23. The molecule has 1 unspecified atom stereocenters. The number of hydrogen-bond acceptors (Lipinski definition) is 7. The number of likely N-dealkylation sites (N-methyl/N-ethyl adjacent to an activating group) is 1. The third-order valence-corrected chi connectivity index (χ3v) is 6.20. The number of aryl methyl sites for hydroxylation is 2. The lowest BCUT2D eigenvalue weighted by Crippen LogP contribution is -2.40. The summed E-state index contributed by atoms with van der Waals surface area (Å²) in [6.45, 7) is 8.46. The van der Waals surface area contributed by atoms with Gasteiger partial charge in [0.05, 0.1) is 18.8 Å². The maximum atomic E-state index is 13.7. The Labute approximate surface area is 204 Å². The molecular weight excluding hydrogens is 444 g/mol. The molecule has 0 aromatic carbocycles. The van der Waals surface area contributed by atoms with Crippen LogP contribution in [0, 0.1) is 24.7 Å². The molecule has 0 aliphatic heterocycles. The van der Waals surface area contributed by atoms with Gasteiger partial charge in [-0.2, -0.15) is 4.98 Å². The number of fused-ring (bicyclic) bond motifs is 2. The summed E-state index contributed by atoms with van der Waals surface area (Å²) >= 11 is 0. The molecule has 0 amide bonds. The summed E-state index contributed by atoms with van der Waals surface area (Å²) in [5, 5.41) is 0. The molecule has 2 atom stereocenters. The second-order valence-corrected chi connectivity index (χ2v) is 9.31. The van der Waals surface area contributed by atoms with Crippen molar-refractivity contribution < 1.29 is 0 Å². The molecule has 4 rings (SSSR count). The molecule has 0 radical (unpaired) electrons. The van der Waals surface area contributed by atoms with Gasteiger partial charge >= 0.3 is 5.69 Å². The first-order chi connectivity index (χ1) is 16.6. The molecule has 10 nitrogen and oxygen atoms in total. The van der Waals surface area contributed by atoms with Crippen LogP contribution in [0.5, 0.6) is 0 Å². The van der Waals surface area contributed by atoms with Gasteiger partial charge in [0.25, 0.3) is 5.56 Å². The number of nitrogens with zero attached hydrogens (tertiary/aromatic N) is 7. The van der Waals surface area contributed by atoms with Crippen molar-refractivity contribution in [2.75, 3.05) is 18.5 Å². The highest BCUT2D eigenvalue weighted by Crippen LogP contribution is 2.23. The van der Waals surface area contributed by atoms with Crippen LogP contribution in [0.15, 0.2) is 15.7 Å². The van der Waals surface area contributed by atoms with E-state index in [1.807, 2.05) is 31.9 Å². The van der Waals surface area contributed by atoms with E-state index in [0.717, 1.165) is 23.4 Å². The van der Waals surface area contributed by atoms with Gasteiger partial charge in [0, 0.05) is 37.9 Å². The van der Waals surface area contributed by atoms with Gasteiger partial charge in [0.2, 0.25) is 5.95 Å². The molecule has 3 aromatic heterocycles. The average molecular weight is 477 g/mol. The first-order valence-corrected chi connectivity index (χ1v) is 11.7. The van der Waals surface area contributed by atoms with Crippen LogP contribution in [0.3, 0.4) is 0 Å². The Kier molecular flexibility index (Phi) is 6.63. The van der Waals surface area contributed by atoms with Crippen molar-refractivity contribution >= 4 is 23.2 Å². The van der Waals surface area contributed by atoms with E-state index in [1.54, 1.807) is 18.5 Å². The molecule has 10 heteroatoms. The third kappa shape index (κ3) is 4.51. The number of aromatic nitrogens is 6. The monoisotopic (exact) mass is 476 g/mol. The van der Waals surface area contributed by atoms with E-state index in [0.29, 0.717) is 35.4 Å². The molecule has 0 bridgehead atoms. The van der Waals surface area contributed by atoms with Crippen molar-refractivity contribution in [3.05, 3.63) is 49.7 Å². The molecule has 35 heavy (non-hydrogen) atoms. The van der Waals surface area contributed by atoms with Gasteiger partial charge in [-0.15, -0.1) is 5.92 Å². The van der Waals surface area contributed by atoms with Crippen molar-refractivity contribution in [2.24, 2.45) is 18.7 Å². The SMILES string of the molecule is CC#CCn1c(N(C)C[C@H](C)N)nc2c1c(=O)n(Cc1nc(C)c3c(n1)CC(C)C=C3)c(=O)n2C. The van der Waals surface area contributed by atoms with Gasteiger partial charge < -0.3 is 10.6 Å². The minimum atomic E-state index is -0.470. The highest BCUT2D eigenvalue weighted by Gasteiger charge is 2.23. The lowest BCUT2D eigenvalue weighted by atomic mass is 9.94. The number of anilines is 1. The highest BCUT2D eigenvalue weighted by molar-refractivity contribution is 5.74. The quantitative estimate of drug-likeness (QED) is 0.529. The Morgan fingerprint density at radius 1 is 1.26 bits per heavy atom. The summed E-state index contributed by atoms with van der Waals surface area (Å²) in [7, 11) is 3.47. The summed E-state index contributed by atoms with van der Waals surface area (Å²) in [6, 6.07) is -0.104. The first kappa shape index (κ1) is 24.4. The molecule has 0 fully saturated rings. The molecule has 0 saturated heterocycles. The molecule has 2 N–H and O–H groups in total. The van der Waals surface area contributed by atoms with Crippen LogP contribution in [0.25, 0.3) is 17.2 Å². The average Bonchev–Trinajstić information content (AvgIpc) is 3.18. The normalized spacial score (nSPS) is 15.6. The molecule has 3 aromatic rings. The molecule has 0 saturated carbocycles. The zero-order valence-corrected chi connectivity index (χ0v) is 21.2. The van der Waals surface area contributed by atoms with Gasteiger partial charge in [0.15, 0.2) is 11.2 Å². The van der Waals surface area contributed by atoms with Crippen LogP contribution in [-0.2, 0) is 26.6 Å². The smallest absolute Gasteiger partial charge is 0.332 e. The summed E-state index contributed by atoms with van der Waals surface area (Å²) < 4.78 is 4.32. The van der Waals surface area contributed by atoms with Crippen LogP contribution in [0.2, 0.25) is 0 Å². The van der Waals surface area contributed by atoms with Crippen molar-refractivity contribution in [1.29, 1.82) is 0 Å². The molecule has 0 spiro atoms. The van der Waals surface area contributed by atoms with Crippen LogP contribution in [0.1, 0.15) is 43.5 Å². The lowest BCUT2D eigenvalue weighted by Gasteiger charge is -2.20. The van der Waals surface area contributed by atoms with E-state index < -0.39 is 11.2 Å². The fraction of sp³-hybridized carbons (Fsp3) is 0.480. The zero-order valence-electron chi connectivity index (χ0n) is 21.2. The standard InChI is InChI=1S/C25H32N8O2/c1-7-8-11-32-21-22(29-24(32)30(5)13-16(3)26)31(6)25(35)33(23(21)34)14-20-27-17(4)18-10-9-15(2)12-19(18)28-20/h9-10,15-16H,11-14,26H2,1-6H3/t15?,16-/m0/s1. The Morgan fingerprint density at radius 2 is 2.00 bits per heavy atom. The Morgan fingerprint density at radius 3 is 2.69 bits per heavy atom. The van der Waals surface area contributed by atoms with Crippen molar-refractivity contribution in [3.63, 3.8) is 0 Å². The number of imidazole rings is 1. The Bertz CT molecular complexity index is 1500. The van der Waals surface area contributed by atoms with Crippen LogP contribution in [0.4, 0.5) is 5.95 Å². The van der Waals surface area contributed by atoms with Crippen LogP contribution in [-0.4, -0.2) is 48.3 Å². The van der Waals surface area contributed by atoms with Crippen LogP contribution < -0.4 is 21.9 Å². The van der Waals surface area contributed by atoms with Gasteiger partial charge in [-0.1, -0.05) is 25.0 Å². The van der Waals surface area contributed by atoms with Crippen molar-refractivity contribution in [1.82, 2.24) is 28.7 Å². The van der Waals surface area contributed by atoms with E-state index >= 15 is 0 Å². The fourth-order valence-corrected chi connectivity index (χ4v) is 4.53. The van der Waals surface area contributed by atoms with E-state index in [1.165, 1.54) is 9.13 Å².